The molecule has 1 saturated carbocycles. The number of carbonyl (C=O) groups is 2. The summed E-state index contributed by atoms with van der Waals surface area (Å²) in [6.45, 7) is 8.57. The van der Waals surface area contributed by atoms with E-state index >= 15 is 0 Å². The van der Waals surface area contributed by atoms with Gasteiger partial charge < -0.3 is 14.2 Å². The standard InChI is InChI=1S/C19H24O5/c1-5-22-17(20)11-7-13-14(9-12-10-15(13)19(12,3)4)16(8-11)24-18(21)23-6-2/h7-8,12,15H,5-6,9-10H2,1-4H3/t12-,15-/m0/s1. The molecule has 130 valence electrons. The Morgan fingerprint density at radius 3 is 2.50 bits per heavy atom. The summed E-state index contributed by atoms with van der Waals surface area (Å²) >= 11 is 0. The van der Waals surface area contributed by atoms with E-state index in [1.54, 1.807) is 19.9 Å². The minimum Gasteiger partial charge on any atom is -0.462 e. The summed E-state index contributed by atoms with van der Waals surface area (Å²) < 4.78 is 15.4. The van der Waals surface area contributed by atoms with Crippen molar-refractivity contribution in [3.8, 4) is 5.75 Å². The highest BCUT2D eigenvalue weighted by molar-refractivity contribution is 5.91. The number of hydrogen-bond acceptors (Lipinski definition) is 5. The van der Waals surface area contributed by atoms with Gasteiger partial charge >= 0.3 is 12.1 Å². The van der Waals surface area contributed by atoms with E-state index in [2.05, 4.69) is 13.8 Å². The highest BCUT2D eigenvalue weighted by Gasteiger charge is 2.53. The van der Waals surface area contributed by atoms with Gasteiger partial charge in [-0.1, -0.05) is 13.8 Å². The Morgan fingerprint density at radius 1 is 1.17 bits per heavy atom. The van der Waals surface area contributed by atoms with Crippen LogP contribution in [0, 0.1) is 11.3 Å². The van der Waals surface area contributed by atoms with Crippen LogP contribution in [-0.2, 0) is 15.9 Å². The van der Waals surface area contributed by atoms with E-state index in [1.165, 1.54) is 0 Å². The Bertz CT molecular complexity index is 677. The van der Waals surface area contributed by atoms with Gasteiger partial charge in [0.25, 0.3) is 0 Å². The lowest BCUT2D eigenvalue weighted by molar-refractivity contribution is 0.0171. The monoisotopic (exact) mass is 332 g/mol. The van der Waals surface area contributed by atoms with E-state index in [4.69, 9.17) is 14.2 Å². The summed E-state index contributed by atoms with van der Waals surface area (Å²) in [7, 11) is 0. The molecule has 0 radical (unpaired) electrons. The fourth-order valence-corrected chi connectivity index (χ4v) is 3.99. The first kappa shape index (κ1) is 16.8. The van der Waals surface area contributed by atoms with E-state index in [0.29, 0.717) is 29.8 Å². The zero-order chi connectivity index (χ0) is 17.5. The molecule has 3 aliphatic rings. The average Bonchev–Trinajstić information content (AvgIpc) is 2.54. The van der Waals surface area contributed by atoms with Crippen LogP contribution in [0.1, 0.15) is 61.5 Å². The van der Waals surface area contributed by atoms with Gasteiger partial charge in [-0.2, -0.15) is 0 Å². The molecule has 1 aromatic rings. The number of rotatable bonds is 4. The lowest BCUT2D eigenvalue weighted by Crippen LogP contribution is -2.48. The number of ether oxygens (including phenoxy) is 3. The molecule has 5 heteroatoms. The molecule has 0 spiro atoms. The van der Waals surface area contributed by atoms with Crippen molar-refractivity contribution in [2.24, 2.45) is 11.3 Å². The third-order valence-electron chi connectivity index (χ3n) is 5.51. The third kappa shape index (κ3) is 2.66. The molecule has 0 aliphatic heterocycles. The van der Waals surface area contributed by atoms with E-state index in [9.17, 15) is 9.59 Å². The summed E-state index contributed by atoms with van der Waals surface area (Å²) in [6, 6.07) is 3.51. The van der Waals surface area contributed by atoms with Crippen LogP contribution >= 0.6 is 0 Å². The molecule has 0 unspecified atom stereocenters. The zero-order valence-electron chi connectivity index (χ0n) is 14.7. The predicted octanol–water partition coefficient (Wildman–Crippen LogP) is 4.08. The summed E-state index contributed by atoms with van der Waals surface area (Å²) in [5.74, 6) is 0.991. The molecule has 0 heterocycles. The molecule has 4 rings (SSSR count). The molecule has 1 aromatic carbocycles. The minimum absolute atomic E-state index is 0.210. The fourth-order valence-electron chi connectivity index (χ4n) is 3.99. The largest absolute Gasteiger partial charge is 0.513 e. The van der Waals surface area contributed by atoms with Crippen LogP contribution in [0.5, 0.6) is 5.75 Å². The van der Waals surface area contributed by atoms with Gasteiger partial charge in [0.15, 0.2) is 0 Å². The van der Waals surface area contributed by atoms with Gasteiger partial charge in [0.2, 0.25) is 0 Å². The van der Waals surface area contributed by atoms with Crippen molar-refractivity contribution >= 4 is 12.1 Å². The summed E-state index contributed by atoms with van der Waals surface area (Å²) in [6.07, 6.45) is 1.24. The van der Waals surface area contributed by atoms with Crippen LogP contribution < -0.4 is 4.74 Å². The third-order valence-corrected chi connectivity index (χ3v) is 5.51. The lowest BCUT2D eigenvalue weighted by atomic mass is 9.47. The summed E-state index contributed by atoms with van der Waals surface area (Å²) in [4.78, 5) is 23.9. The van der Waals surface area contributed by atoms with Crippen LogP contribution in [0.4, 0.5) is 4.79 Å². The SMILES string of the molecule is CCOC(=O)Oc1cc(C(=O)OCC)cc2c1C[C@H]1C[C@@H]2C1(C)C. The van der Waals surface area contributed by atoms with Crippen molar-refractivity contribution < 1.29 is 23.8 Å². The van der Waals surface area contributed by atoms with Gasteiger partial charge in [-0.3, -0.25) is 0 Å². The Morgan fingerprint density at radius 2 is 1.88 bits per heavy atom. The molecule has 0 saturated heterocycles. The Kier molecular flexibility index (Phi) is 4.28. The second-order valence-corrected chi connectivity index (χ2v) is 7.06. The number of esters is 1. The normalized spacial score (nSPS) is 22.8. The molecular formula is C19H24O5. The molecule has 0 amide bonds. The van der Waals surface area contributed by atoms with Gasteiger partial charge in [-0.15, -0.1) is 0 Å². The van der Waals surface area contributed by atoms with Crippen LogP contribution in [0.2, 0.25) is 0 Å². The van der Waals surface area contributed by atoms with E-state index in [-0.39, 0.29) is 12.0 Å². The lowest BCUT2D eigenvalue weighted by Gasteiger charge is -2.57. The minimum atomic E-state index is -0.737. The van der Waals surface area contributed by atoms with Gasteiger partial charge in [-0.05, 0) is 67.2 Å². The topological polar surface area (TPSA) is 61.8 Å². The highest BCUT2D eigenvalue weighted by Crippen LogP contribution is 2.63. The van der Waals surface area contributed by atoms with Gasteiger partial charge in [0.1, 0.15) is 5.75 Å². The number of benzene rings is 1. The van der Waals surface area contributed by atoms with Crippen molar-refractivity contribution in [3.05, 3.63) is 28.8 Å². The quantitative estimate of drug-likeness (QED) is 0.614. The van der Waals surface area contributed by atoms with Crippen molar-refractivity contribution in [1.82, 2.24) is 0 Å². The molecule has 3 aliphatic carbocycles. The van der Waals surface area contributed by atoms with Crippen molar-refractivity contribution in [2.75, 3.05) is 13.2 Å². The molecular weight excluding hydrogens is 308 g/mol. The second kappa shape index (κ2) is 6.11. The predicted molar refractivity (Wildman–Crippen MR) is 88.4 cm³/mol. The number of carbonyl (C=O) groups excluding carboxylic acids is 2. The van der Waals surface area contributed by atoms with Crippen LogP contribution in [0.3, 0.4) is 0 Å². The van der Waals surface area contributed by atoms with E-state index in [0.717, 1.165) is 24.0 Å². The fraction of sp³-hybridized carbons (Fsp3) is 0.579. The average molecular weight is 332 g/mol. The molecule has 2 atom stereocenters. The second-order valence-electron chi connectivity index (χ2n) is 7.06. The van der Waals surface area contributed by atoms with Gasteiger partial charge in [-0.25, -0.2) is 9.59 Å². The Labute approximate surface area is 142 Å². The highest BCUT2D eigenvalue weighted by atomic mass is 16.7. The maximum atomic E-state index is 12.2. The molecule has 0 aromatic heterocycles. The van der Waals surface area contributed by atoms with Crippen molar-refractivity contribution in [3.63, 3.8) is 0 Å². The molecule has 5 nitrogen and oxygen atoms in total. The molecule has 0 N–H and O–H groups in total. The molecule has 2 bridgehead atoms. The van der Waals surface area contributed by atoms with E-state index < -0.39 is 12.1 Å². The molecule has 1 fully saturated rings. The zero-order valence-corrected chi connectivity index (χ0v) is 14.7. The Balaban J connectivity index is 2.01. The summed E-state index contributed by atoms with van der Waals surface area (Å²) in [5, 5.41) is 0. The smallest absolute Gasteiger partial charge is 0.462 e. The van der Waals surface area contributed by atoms with Crippen molar-refractivity contribution in [2.45, 2.75) is 46.5 Å². The Hall–Kier alpha value is -2.04. The van der Waals surface area contributed by atoms with Crippen molar-refractivity contribution in [1.29, 1.82) is 0 Å². The summed E-state index contributed by atoms with van der Waals surface area (Å²) in [5.41, 5.74) is 2.77. The van der Waals surface area contributed by atoms with Crippen LogP contribution in [0.25, 0.3) is 0 Å². The van der Waals surface area contributed by atoms with Gasteiger partial charge in [0, 0.05) is 0 Å². The number of hydrogen-bond donors (Lipinski definition) is 0. The molecule has 24 heavy (non-hydrogen) atoms. The maximum absolute atomic E-state index is 12.2. The first-order chi connectivity index (χ1) is 11.4. The maximum Gasteiger partial charge on any atom is 0.513 e. The first-order valence-electron chi connectivity index (χ1n) is 8.57. The van der Waals surface area contributed by atoms with Crippen LogP contribution in [-0.4, -0.2) is 25.3 Å². The first-order valence-corrected chi connectivity index (χ1v) is 8.57. The van der Waals surface area contributed by atoms with Gasteiger partial charge in [0.05, 0.1) is 18.8 Å². The van der Waals surface area contributed by atoms with Crippen LogP contribution in [0.15, 0.2) is 12.1 Å². The van der Waals surface area contributed by atoms with E-state index in [1.807, 2.05) is 6.07 Å².